The van der Waals surface area contributed by atoms with Crippen LogP contribution in [-0.4, -0.2) is 19.2 Å². The molecule has 102 valence electrons. The quantitative estimate of drug-likeness (QED) is 0.903. The van der Waals surface area contributed by atoms with Crippen LogP contribution in [0.1, 0.15) is 43.7 Å². The third-order valence-corrected chi connectivity index (χ3v) is 3.42. The molecule has 0 amide bonds. The molecule has 1 heterocycles. The monoisotopic (exact) mass is 269 g/mol. The summed E-state index contributed by atoms with van der Waals surface area (Å²) in [5.41, 5.74) is 2.68. The number of hydrogen-bond donors (Lipinski definition) is 1. The van der Waals surface area contributed by atoms with Crippen LogP contribution < -0.4 is 5.32 Å². The van der Waals surface area contributed by atoms with Crippen molar-refractivity contribution in [2.75, 3.05) is 13.1 Å². The van der Waals surface area contributed by atoms with Gasteiger partial charge in [0.15, 0.2) is 0 Å². The Hall–Kier alpha value is -0.570. The van der Waals surface area contributed by atoms with E-state index in [0.717, 1.165) is 32.5 Å². The van der Waals surface area contributed by atoms with Crippen LogP contribution >= 0.6 is 12.4 Å². The van der Waals surface area contributed by atoms with Crippen LogP contribution in [0.25, 0.3) is 0 Å². The zero-order chi connectivity index (χ0) is 12.1. The lowest BCUT2D eigenvalue weighted by Gasteiger charge is -2.23. The van der Waals surface area contributed by atoms with Gasteiger partial charge in [-0.25, -0.2) is 0 Å². The van der Waals surface area contributed by atoms with Crippen molar-refractivity contribution in [3.8, 4) is 0 Å². The molecule has 3 heteroatoms. The number of halogens is 1. The summed E-state index contributed by atoms with van der Waals surface area (Å²) in [6.07, 6.45) is 2.73. The van der Waals surface area contributed by atoms with E-state index in [1.165, 1.54) is 11.1 Å². The molecule has 1 saturated heterocycles. The highest BCUT2D eigenvalue weighted by molar-refractivity contribution is 5.85. The number of ether oxygens (including phenoxy) is 1. The molecule has 1 aromatic rings. The molecule has 1 aliphatic heterocycles. The number of benzene rings is 1. The van der Waals surface area contributed by atoms with Crippen molar-refractivity contribution in [2.24, 2.45) is 0 Å². The van der Waals surface area contributed by atoms with Crippen molar-refractivity contribution in [3.63, 3.8) is 0 Å². The maximum atomic E-state index is 5.93. The predicted octanol–water partition coefficient (Wildman–Crippen LogP) is 3.50. The van der Waals surface area contributed by atoms with Crippen molar-refractivity contribution < 1.29 is 4.74 Å². The lowest BCUT2D eigenvalue weighted by Crippen LogP contribution is -2.32. The minimum absolute atomic E-state index is 0. The Labute approximate surface area is 117 Å². The highest BCUT2D eigenvalue weighted by Gasteiger charge is 2.12. The van der Waals surface area contributed by atoms with Gasteiger partial charge >= 0.3 is 0 Å². The summed E-state index contributed by atoms with van der Waals surface area (Å²) in [6.45, 7) is 7.39. The van der Waals surface area contributed by atoms with E-state index >= 15 is 0 Å². The molecular weight excluding hydrogens is 246 g/mol. The molecule has 0 spiro atoms. The standard InChI is InChI=1S/C15H23NO.ClH/c1-12(2)14-5-3-13(4-6-14)11-17-15-7-9-16-10-8-15;/h3-6,12,15-16H,7-11H2,1-2H3;1H. The summed E-state index contributed by atoms with van der Waals surface area (Å²) in [5, 5.41) is 3.35. The van der Waals surface area contributed by atoms with E-state index in [1.54, 1.807) is 0 Å². The van der Waals surface area contributed by atoms with Crippen molar-refractivity contribution in [1.29, 1.82) is 0 Å². The van der Waals surface area contributed by atoms with Gasteiger partial charge in [0.1, 0.15) is 0 Å². The average Bonchev–Trinajstić information content (AvgIpc) is 2.38. The molecule has 0 aliphatic carbocycles. The van der Waals surface area contributed by atoms with Crippen LogP contribution in [0.3, 0.4) is 0 Å². The normalized spacial score (nSPS) is 16.6. The van der Waals surface area contributed by atoms with Gasteiger partial charge in [0.25, 0.3) is 0 Å². The summed E-state index contributed by atoms with van der Waals surface area (Å²) in [6, 6.07) is 8.81. The Balaban J connectivity index is 0.00000162. The van der Waals surface area contributed by atoms with Crippen LogP contribution in [0.5, 0.6) is 0 Å². The second-order valence-electron chi connectivity index (χ2n) is 5.16. The van der Waals surface area contributed by atoms with Crippen molar-refractivity contribution in [3.05, 3.63) is 35.4 Å². The molecule has 0 bridgehead atoms. The van der Waals surface area contributed by atoms with Crippen LogP contribution in [0.4, 0.5) is 0 Å². The lowest BCUT2D eigenvalue weighted by atomic mass is 10.0. The molecule has 1 aromatic carbocycles. The van der Waals surface area contributed by atoms with E-state index in [-0.39, 0.29) is 12.4 Å². The van der Waals surface area contributed by atoms with Gasteiger partial charge in [0, 0.05) is 0 Å². The molecule has 0 unspecified atom stereocenters. The zero-order valence-corrected chi connectivity index (χ0v) is 12.1. The van der Waals surface area contributed by atoms with E-state index in [2.05, 4.69) is 43.4 Å². The Morgan fingerprint density at radius 2 is 1.78 bits per heavy atom. The first-order chi connectivity index (χ1) is 8.25. The highest BCUT2D eigenvalue weighted by Crippen LogP contribution is 2.16. The van der Waals surface area contributed by atoms with Crippen molar-refractivity contribution in [2.45, 2.75) is 45.3 Å². The second-order valence-corrected chi connectivity index (χ2v) is 5.16. The van der Waals surface area contributed by atoms with Crippen LogP contribution in [0.2, 0.25) is 0 Å². The summed E-state index contributed by atoms with van der Waals surface area (Å²) in [5.74, 6) is 0.606. The van der Waals surface area contributed by atoms with Crippen LogP contribution in [0.15, 0.2) is 24.3 Å². The van der Waals surface area contributed by atoms with Crippen LogP contribution in [-0.2, 0) is 11.3 Å². The fourth-order valence-corrected chi connectivity index (χ4v) is 2.17. The first kappa shape index (κ1) is 15.5. The van der Waals surface area contributed by atoms with E-state index in [0.29, 0.717) is 12.0 Å². The van der Waals surface area contributed by atoms with Crippen molar-refractivity contribution in [1.82, 2.24) is 5.32 Å². The molecule has 1 aliphatic rings. The molecule has 2 rings (SSSR count). The third kappa shape index (κ3) is 4.60. The first-order valence-electron chi connectivity index (χ1n) is 6.67. The molecule has 1 N–H and O–H groups in total. The maximum absolute atomic E-state index is 5.93. The minimum Gasteiger partial charge on any atom is -0.373 e. The molecule has 0 aromatic heterocycles. The number of hydrogen-bond acceptors (Lipinski definition) is 2. The predicted molar refractivity (Wildman–Crippen MR) is 78.5 cm³/mol. The van der Waals surface area contributed by atoms with Gasteiger partial charge in [-0.05, 0) is 43.0 Å². The van der Waals surface area contributed by atoms with Gasteiger partial charge in [0.2, 0.25) is 0 Å². The SMILES string of the molecule is CC(C)c1ccc(COC2CCNCC2)cc1.Cl. The molecule has 0 atom stereocenters. The molecule has 1 fully saturated rings. The smallest absolute Gasteiger partial charge is 0.0720 e. The van der Waals surface area contributed by atoms with Crippen LogP contribution in [0, 0.1) is 0 Å². The Bertz CT molecular complexity index is 331. The van der Waals surface area contributed by atoms with Gasteiger partial charge in [-0.3, -0.25) is 0 Å². The third-order valence-electron chi connectivity index (χ3n) is 3.42. The summed E-state index contributed by atoms with van der Waals surface area (Å²) < 4.78 is 5.93. The molecular formula is C15H24ClNO. The molecule has 0 radical (unpaired) electrons. The Morgan fingerprint density at radius 3 is 2.33 bits per heavy atom. The van der Waals surface area contributed by atoms with Gasteiger partial charge in [0.05, 0.1) is 12.7 Å². The van der Waals surface area contributed by atoms with Gasteiger partial charge < -0.3 is 10.1 Å². The van der Waals surface area contributed by atoms with E-state index < -0.39 is 0 Å². The van der Waals surface area contributed by atoms with Gasteiger partial charge in [-0.1, -0.05) is 38.1 Å². The summed E-state index contributed by atoms with van der Waals surface area (Å²) in [4.78, 5) is 0. The van der Waals surface area contributed by atoms with Gasteiger partial charge in [-0.15, -0.1) is 12.4 Å². The fraction of sp³-hybridized carbons (Fsp3) is 0.600. The largest absolute Gasteiger partial charge is 0.373 e. The second kappa shape index (κ2) is 7.78. The van der Waals surface area contributed by atoms with E-state index in [1.807, 2.05) is 0 Å². The topological polar surface area (TPSA) is 21.3 Å². The van der Waals surface area contributed by atoms with E-state index in [9.17, 15) is 0 Å². The van der Waals surface area contributed by atoms with E-state index in [4.69, 9.17) is 4.74 Å². The summed E-state index contributed by atoms with van der Waals surface area (Å²) in [7, 11) is 0. The fourth-order valence-electron chi connectivity index (χ4n) is 2.17. The average molecular weight is 270 g/mol. The lowest BCUT2D eigenvalue weighted by molar-refractivity contribution is 0.0212. The molecule has 18 heavy (non-hydrogen) atoms. The maximum Gasteiger partial charge on any atom is 0.0720 e. The summed E-state index contributed by atoms with van der Waals surface area (Å²) >= 11 is 0. The number of piperidine rings is 1. The zero-order valence-electron chi connectivity index (χ0n) is 11.3. The highest BCUT2D eigenvalue weighted by atomic mass is 35.5. The van der Waals surface area contributed by atoms with Crippen molar-refractivity contribution >= 4 is 12.4 Å². The molecule has 2 nitrogen and oxygen atoms in total. The Kier molecular flexibility index (Phi) is 6.69. The minimum atomic E-state index is 0. The number of rotatable bonds is 4. The van der Waals surface area contributed by atoms with Gasteiger partial charge in [-0.2, -0.15) is 0 Å². The molecule has 0 saturated carbocycles. The Morgan fingerprint density at radius 1 is 1.17 bits per heavy atom. The number of nitrogens with one attached hydrogen (secondary N) is 1. The first-order valence-corrected chi connectivity index (χ1v) is 6.67.